The third kappa shape index (κ3) is 1.41. The Morgan fingerprint density at radius 3 is 2.68 bits per heavy atom. The Morgan fingerprint density at radius 1 is 1.00 bits per heavy atom. The molecule has 19 heavy (non-hydrogen) atoms. The minimum atomic E-state index is 0.999. The number of hydrogen-bond acceptors (Lipinski definition) is 1. The minimum absolute atomic E-state index is 0.999. The van der Waals surface area contributed by atoms with Crippen molar-refractivity contribution in [2.75, 3.05) is 0 Å². The standard InChI is InChI=1S/C16H13N3/c1-19-15-9-5-4-8-14(15)18-16(19)12-10-17-13-7-3-2-6-11(12)13/h2-10,17H,1H3. The van der Waals surface area contributed by atoms with E-state index in [0.717, 1.165) is 27.9 Å². The second-order valence-corrected chi connectivity index (χ2v) is 4.73. The largest absolute Gasteiger partial charge is 0.360 e. The lowest BCUT2D eigenvalue weighted by Gasteiger charge is -2.00. The lowest BCUT2D eigenvalue weighted by atomic mass is 10.1. The van der Waals surface area contributed by atoms with Gasteiger partial charge in [-0.1, -0.05) is 30.3 Å². The van der Waals surface area contributed by atoms with Crippen LogP contribution in [0.2, 0.25) is 0 Å². The van der Waals surface area contributed by atoms with Gasteiger partial charge in [-0.25, -0.2) is 4.98 Å². The van der Waals surface area contributed by atoms with Gasteiger partial charge in [-0.05, 0) is 18.2 Å². The SMILES string of the molecule is Cn1c(-c2c[nH]c3ccccc23)nc2ccccc21. The molecule has 0 fully saturated rings. The number of benzene rings is 2. The van der Waals surface area contributed by atoms with Crippen LogP contribution in [0, 0.1) is 0 Å². The lowest BCUT2D eigenvalue weighted by Crippen LogP contribution is -1.91. The van der Waals surface area contributed by atoms with Crippen LogP contribution in [0.4, 0.5) is 0 Å². The van der Waals surface area contributed by atoms with E-state index in [2.05, 4.69) is 40.9 Å². The number of H-pyrrole nitrogens is 1. The number of aromatic amines is 1. The van der Waals surface area contributed by atoms with Crippen molar-refractivity contribution in [2.24, 2.45) is 7.05 Å². The van der Waals surface area contributed by atoms with E-state index in [1.165, 1.54) is 5.39 Å². The number of aromatic nitrogens is 3. The van der Waals surface area contributed by atoms with Gasteiger partial charge in [0.05, 0.1) is 11.0 Å². The molecule has 4 rings (SSSR count). The fraction of sp³-hybridized carbons (Fsp3) is 0.0625. The van der Waals surface area contributed by atoms with Gasteiger partial charge < -0.3 is 9.55 Å². The zero-order chi connectivity index (χ0) is 12.8. The van der Waals surface area contributed by atoms with Gasteiger partial charge in [-0.15, -0.1) is 0 Å². The zero-order valence-corrected chi connectivity index (χ0v) is 10.6. The van der Waals surface area contributed by atoms with Gasteiger partial charge in [0.15, 0.2) is 0 Å². The van der Waals surface area contributed by atoms with Crippen molar-refractivity contribution >= 4 is 21.9 Å². The van der Waals surface area contributed by atoms with Gasteiger partial charge in [0.2, 0.25) is 0 Å². The maximum atomic E-state index is 4.75. The van der Waals surface area contributed by atoms with Gasteiger partial charge in [0, 0.05) is 29.7 Å². The number of imidazole rings is 1. The van der Waals surface area contributed by atoms with E-state index in [4.69, 9.17) is 4.98 Å². The van der Waals surface area contributed by atoms with E-state index in [9.17, 15) is 0 Å². The summed E-state index contributed by atoms with van der Waals surface area (Å²) in [4.78, 5) is 8.05. The summed E-state index contributed by atoms with van der Waals surface area (Å²) >= 11 is 0. The van der Waals surface area contributed by atoms with Crippen LogP contribution in [-0.2, 0) is 7.05 Å². The van der Waals surface area contributed by atoms with E-state index < -0.39 is 0 Å². The van der Waals surface area contributed by atoms with Gasteiger partial charge in [0.25, 0.3) is 0 Å². The van der Waals surface area contributed by atoms with Crippen LogP contribution in [-0.4, -0.2) is 14.5 Å². The first-order valence-corrected chi connectivity index (χ1v) is 6.32. The topological polar surface area (TPSA) is 33.6 Å². The summed E-state index contributed by atoms with van der Waals surface area (Å²) in [7, 11) is 2.06. The Bertz CT molecular complexity index is 883. The van der Waals surface area contributed by atoms with Gasteiger partial charge in [-0.3, -0.25) is 0 Å². The molecule has 3 nitrogen and oxygen atoms in total. The smallest absolute Gasteiger partial charge is 0.143 e. The van der Waals surface area contributed by atoms with Crippen LogP contribution in [0.3, 0.4) is 0 Å². The van der Waals surface area contributed by atoms with Crippen LogP contribution in [0.5, 0.6) is 0 Å². The molecule has 0 amide bonds. The van der Waals surface area contributed by atoms with Gasteiger partial charge in [-0.2, -0.15) is 0 Å². The van der Waals surface area contributed by atoms with Gasteiger partial charge in [0.1, 0.15) is 5.82 Å². The highest BCUT2D eigenvalue weighted by atomic mass is 15.1. The van der Waals surface area contributed by atoms with Crippen LogP contribution in [0.15, 0.2) is 54.7 Å². The van der Waals surface area contributed by atoms with E-state index in [1.807, 2.05) is 30.5 Å². The molecule has 3 heteroatoms. The van der Waals surface area contributed by atoms with Crippen LogP contribution in [0.25, 0.3) is 33.3 Å². The molecule has 0 saturated carbocycles. The average Bonchev–Trinajstić information content (AvgIpc) is 3.01. The summed E-state index contributed by atoms with van der Waals surface area (Å²) in [5.41, 5.74) is 4.48. The number of hydrogen-bond donors (Lipinski definition) is 1. The van der Waals surface area contributed by atoms with Crippen LogP contribution in [0.1, 0.15) is 0 Å². The molecule has 0 saturated heterocycles. The molecule has 0 aliphatic carbocycles. The molecule has 2 aromatic heterocycles. The minimum Gasteiger partial charge on any atom is -0.360 e. The van der Waals surface area contributed by atoms with E-state index >= 15 is 0 Å². The highest BCUT2D eigenvalue weighted by Crippen LogP contribution is 2.29. The number of nitrogens with one attached hydrogen (secondary N) is 1. The monoisotopic (exact) mass is 247 g/mol. The molecule has 0 bridgehead atoms. The Balaban J connectivity index is 2.07. The summed E-state index contributed by atoms with van der Waals surface area (Å²) in [6.07, 6.45) is 2.03. The molecule has 0 unspecified atom stereocenters. The van der Waals surface area contributed by atoms with Crippen molar-refractivity contribution in [2.45, 2.75) is 0 Å². The molecule has 2 aromatic carbocycles. The fourth-order valence-corrected chi connectivity index (χ4v) is 2.64. The maximum Gasteiger partial charge on any atom is 0.143 e. The average molecular weight is 247 g/mol. The van der Waals surface area contributed by atoms with Crippen LogP contribution >= 0.6 is 0 Å². The Morgan fingerprint density at radius 2 is 1.79 bits per heavy atom. The fourth-order valence-electron chi connectivity index (χ4n) is 2.64. The second-order valence-electron chi connectivity index (χ2n) is 4.73. The highest BCUT2D eigenvalue weighted by molar-refractivity contribution is 5.95. The molecule has 0 atom stereocenters. The quantitative estimate of drug-likeness (QED) is 0.546. The second kappa shape index (κ2) is 3.72. The number of nitrogens with zero attached hydrogens (tertiary/aromatic N) is 2. The van der Waals surface area contributed by atoms with Crippen molar-refractivity contribution in [1.29, 1.82) is 0 Å². The Hall–Kier alpha value is -2.55. The summed E-state index contributed by atoms with van der Waals surface area (Å²) < 4.78 is 2.14. The van der Waals surface area contributed by atoms with E-state index in [0.29, 0.717) is 0 Å². The molecular weight excluding hydrogens is 234 g/mol. The highest BCUT2D eigenvalue weighted by Gasteiger charge is 2.12. The normalized spacial score (nSPS) is 11.4. The maximum absolute atomic E-state index is 4.75. The van der Waals surface area contributed by atoms with Crippen molar-refractivity contribution in [1.82, 2.24) is 14.5 Å². The third-order valence-electron chi connectivity index (χ3n) is 3.62. The van der Waals surface area contributed by atoms with Crippen molar-refractivity contribution in [3.8, 4) is 11.4 Å². The molecule has 4 aromatic rings. The Labute approximate surface area is 110 Å². The predicted octanol–water partition coefficient (Wildman–Crippen LogP) is 3.72. The van der Waals surface area contributed by atoms with Crippen molar-refractivity contribution < 1.29 is 0 Å². The van der Waals surface area contributed by atoms with Gasteiger partial charge >= 0.3 is 0 Å². The number of aryl methyl sites for hydroxylation is 1. The molecule has 0 aliphatic heterocycles. The zero-order valence-electron chi connectivity index (χ0n) is 10.6. The first-order chi connectivity index (χ1) is 9.34. The molecule has 2 heterocycles. The molecule has 0 radical (unpaired) electrons. The number of para-hydroxylation sites is 3. The van der Waals surface area contributed by atoms with Crippen molar-refractivity contribution in [3.05, 3.63) is 54.7 Å². The summed E-state index contributed by atoms with van der Waals surface area (Å²) in [6, 6.07) is 16.5. The summed E-state index contributed by atoms with van der Waals surface area (Å²) in [5, 5.41) is 1.21. The number of rotatable bonds is 1. The predicted molar refractivity (Wildman–Crippen MR) is 78.0 cm³/mol. The van der Waals surface area contributed by atoms with E-state index in [-0.39, 0.29) is 0 Å². The summed E-state index contributed by atoms with van der Waals surface area (Å²) in [5.74, 6) is 0.999. The first-order valence-electron chi connectivity index (χ1n) is 6.32. The number of fused-ring (bicyclic) bond motifs is 2. The molecule has 0 spiro atoms. The molecular formula is C16H13N3. The molecule has 92 valence electrons. The lowest BCUT2D eigenvalue weighted by molar-refractivity contribution is 0.961. The first kappa shape index (κ1) is 10.4. The van der Waals surface area contributed by atoms with E-state index in [1.54, 1.807) is 0 Å². The summed E-state index contributed by atoms with van der Waals surface area (Å²) in [6.45, 7) is 0. The molecule has 0 aliphatic rings. The molecule has 1 N–H and O–H groups in total. The van der Waals surface area contributed by atoms with Crippen molar-refractivity contribution in [3.63, 3.8) is 0 Å². The van der Waals surface area contributed by atoms with Crippen LogP contribution < -0.4 is 0 Å². The Kier molecular flexibility index (Phi) is 2.03. The third-order valence-corrected chi connectivity index (χ3v) is 3.62.